The summed E-state index contributed by atoms with van der Waals surface area (Å²) in [4.78, 5) is 1.27. The molecule has 19 heavy (non-hydrogen) atoms. The van der Waals surface area contributed by atoms with Gasteiger partial charge in [0.25, 0.3) is 0 Å². The monoisotopic (exact) mass is 275 g/mol. The summed E-state index contributed by atoms with van der Waals surface area (Å²) in [5.74, 6) is 0.876. The van der Waals surface area contributed by atoms with Crippen molar-refractivity contribution in [1.82, 2.24) is 5.32 Å². The Hall–Kier alpha value is -1.36. The number of hydrogen-bond donors (Lipinski definition) is 2. The lowest BCUT2D eigenvalue weighted by Gasteiger charge is -2.38. The first-order chi connectivity index (χ1) is 9.34. The number of hydrogen-bond acceptors (Lipinski definition) is 4. The largest absolute Gasteiger partial charge is 0.493 e. The molecule has 3 nitrogen and oxygen atoms in total. The van der Waals surface area contributed by atoms with E-state index in [2.05, 4.69) is 16.8 Å². The van der Waals surface area contributed by atoms with Crippen molar-refractivity contribution in [3.8, 4) is 5.75 Å². The SMILES string of the molecule is OCC1(NCc2cccs2)CCOc2ccccc21. The van der Waals surface area contributed by atoms with Crippen LogP contribution in [0.1, 0.15) is 16.9 Å². The number of aliphatic hydroxyl groups excluding tert-OH is 1. The van der Waals surface area contributed by atoms with Crippen LogP contribution < -0.4 is 10.1 Å². The average Bonchev–Trinajstić information content (AvgIpc) is 2.98. The number of fused-ring (bicyclic) bond motifs is 1. The zero-order valence-electron chi connectivity index (χ0n) is 10.6. The second-order valence-electron chi connectivity index (χ2n) is 4.77. The van der Waals surface area contributed by atoms with Gasteiger partial charge in [-0.15, -0.1) is 11.3 Å². The van der Waals surface area contributed by atoms with Gasteiger partial charge in [0.1, 0.15) is 5.75 Å². The Labute approximate surface area is 116 Å². The van der Waals surface area contributed by atoms with Gasteiger partial charge >= 0.3 is 0 Å². The molecule has 2 N–H and O–H groups in total. The first kappa shape index (κ1) is 12.7. The maximum atomic E-state index is 9.90. The van der Waals surface area contributed by atoms with Crippen molar-refractivity contribution in [2.24, 2.45) is 0 Å². The van der Waals surface area contributed by atoms with Crippen molar-refractivity contribution < 1.29 is 9.84 Å². The number of thiophene rings is 1. The number of para-hydroxylation sites is 1. The maximum Gasteiger partial charge on any atom is 0.124 e. The zero-order valence-corrected chi connectivity index (χ0v) is 11.5. The third kappa shape index (κ3) is 2.39. The number of benzene rings is 1. The van der Waals surface area contributed by atoms with E-state index in [4.69, 9.17) is 4.74 Å². The molecule has 1 atom stereocenters. The normalized spacial score (nSPS) is 21.7. The van der Waals surface area contributed by atoms with Crippen LogP contribution in [0.25, 0.3) is 0 Å². The summed E-state index contributed by atoms with van der Waals surface area (Å²) in [5, 5.41) is 15.5. The number of rotatable bonds is 4. The molecule has 1 aromatic carbocycles. The lowest BCUT2D eigenvalue weighted by atomic mass is 9.85. The van der Waals surface area contributed by atoms with E-state index in [0.717, 1.165) is 24.3 Å². The predicted molar refractivity (Wildman–Crippen MR) is 76.5 cm³/mol. The van der Waals surface area contributed by atoms with Gasteiger partial charge < -0.3 is 15.2 Å². The molecule has 1 aliphatic heterocycles. The first-order valence-corrected chi connectivity index (χ1v) is 7.33. The van der Waals surface area contributed by atoms with Gasteiger partial charge in [0.2, 0.25) is 0 Å². The van der Waals surface area contributed by atoms with Gasteiger partial charge in [0, 0.05) is 23.4 Å². The predicted octanol–water partition coefficient (Wildman–Crippen LogP) is 2.51. The molecule has 0 amide bonds. The number of aliphatic hydroxyl groups is 1. The highest BCUT2D eigenvalue weighted by Gasteiger charge is 2.36. The van der Waals surface area contributed by atoms with Crippen LogP contribution in [0.2, 0.25) is 0 Å². The summed E-state index contributed by atoms with van der Waals surface area (Å²) in [7, 11) is 0. The molecule has 4 heteroatoms. The second-order valence-corrected chi connectivity index (χ2v) is 5.80. The summed E-state index contributed by atoms with van der Waals surface area (Å²) in [6.07, 6.45) is 0.784. The first-order valence-electron chi connectivity index (χ1n) is 6.45. The molecule has 0 saturated heterocycles. The van der Waals surface area contributed by atoms with Gasteiger partial charge in [0.15, 0.2) is 0 Å². The fourth-order valence-corrected chi connectivity index (χ4v) is 3.18. The molecule has 100 valence electrons. The van der Waals surface area contributed by atoms with Gasteiger partial charge in [-0.05, 0) is 17.5 Å². The highest BCUT2D eigenvalue weighted by atomic mass is 32.1. The van der Waals surface area contributed by atoms with Crippen molar-refractivity contribution in [2.75, 3.05) is 13.2 Å². The summed E-state index contributed by atoms with van der Waals surface area (Å²) in [6.45, 7) is 1.49. The molecule has 2 aromatic rings. The Bertz CT molecular complexity index is 541. The van der Waals surface area contributed by atoms with Crippen LogP contribution in [0.4, 0.5) is 0 Å². The van der Waals surface area contributed by atoms with Crippen molar-refractivity contribution >= 4 is 11.3 Å². The molecule has 0 aliphatic carbocycles. The third-order valence-electron chi connectivity index (χ3n) is 3.64. The minimum atomic E-state index is -0.390. The van der Waals surface area contributed by atoms with Crippen molar-refractivity contribution in [1.29, 1.82) is 0 Å². The molecule has 0 saturated carbocycles. The highest BCUT2D eigenvalue weighted by molar-refractivity contribution is 7.09. The molecule has 0 spiro atoms. The Kier molecular flexibility index (Phi) is 3.55. The molecular weight excluding hydrogens is 258 g/mol. The van der Waals surface area contributed by atoms with Crippen LogP contribution in [0.15, 0.2) is 41.8 Å². The molecule has 1 aliphatic rings. The van der Waals surface area contributed by atoms with E-state index in [9.17, 15) is 5.11 Å². The summed E-state index contributed by atoms with van der Waals surface area (Å²) < 4.78 is 5.67. The van der Waals surface area contributed by atoms with Crippen LogP contribution >= 0.6 is 11.3 Å². The Morgan fingerprint density at radius 1 is 1.26 bits per heavy atom. The molecule has 0 bridgehead atoms. The Balaban J connectivity index is 1.87. The smallest absolute Gasteiger partial charge is 0.124 e. The topological polar surface area (TPSA) is 41.5 Å². The van der Waals surface area contributed by atoms with E-state index in [-0.39, 0.29) is 6.61 Å². The van der Waals surface area contributed by atoms with Crippen LogP contribution in [-0.2, 0) is 12.1 Å². The van der Waals surface area contributed by atoms with E-state index in [1.165, 1.54) is 4.88 Å². The summed E-state index contributed by atoms with van der Waals surface area (Å²) in [5.41, 5.74) is 0.666. The molecule has 1 unspecified atom stereocenters. The lowest BCUT2D eigenvalue weighted by Crippen LogP contribution is -2.48. The van der Waals surface area contributed by atoms with Crippen molar-refractivity contribution in [2.45, 2.75) is 18.5 Å². The maximum absolute atomic E-state index is 9.90. The molecule has 0 radical (unpaired) electrons. The minimum absolute atomic E-state index is 0.0821. The number of ether oxygens (including phenoxy) is 1. The van der Waals surface area contributed by atoms with Crippen molar-refractivity contribution in [3.05, 3.63) is 52.2 Å². The molecule has 0 fully saturated rings. The Morgan fingerprint density at radius 2 is 2.16 bits per heavy atom. The van der Waals surface area contributed by atoms with Gasteiger partial charge in [-0.1, -0.05) is 24.3 Å². The zero-order chi connectivity index (χ0) is 13.1. The fourth-order valence-electron chi connectivity index (χ4n) is 2.53. The van der Waals surface area contributed by atoms with E-state index >= 15 is 0 Å². The molecule has 1 aromatic heterocycles. The highest BCUT2D eigenvalue weighted by Crippen LogP contribution is 2.36. The van der Waals surface area contributed by atoms with Gasteiger partial charge in [-0.3, -0.25) is 0 Å². The van der Waals surface area contributed by atoms with Gasteiger partial charge in [0.05, 0.1) is 18.8 Å². The summed E-state index contributed by atoms with van der Waals surface area (Å²) >= 11 is 1.73. The molecule has 2 heterocycles. The average molecular weight is 275 g/mol. The second kappa shape index (κ2) is 5.33. The summed E-state index contributed by atoms with van der Waals surface area (Å²) in [6, 6.07) is 12.1. The number of nitrogens with one attached hydrogen (secondary N) is 1. The quantitative estimate of drug-likeness (QED) is 0.901. The molecule has 3 rings (SSSR count). The van der Waals surface area contributed by atoms with E-state index < -0.39 is 5.54 Å². The van der Waals surface area contributed by atoms with Crippen LogP contribution in [0.3, 0.4) is 0 Å². The third-order valence-corrected chi connectivity index (χ3v) is 4.52. The lowest BCUT2D eigenvalue weighted by molar-refractivity contribution is 0.106. The van der Waals surface area contributed by atoms with Crippen LogP contribution in [0.5, 0.6) is 5.75 Å². The van der Waals surface area contributed by atoms with Crippen LogP contribution in [-0.4, -0.2) is 18.3 Å². The van der Waals surface area contributed by atoms with Gasteiger partial charge in [-0.25, -0.2) is 0 Å². The van der Waals surface area contributed by atoms with Gasteiger partial charge in [-0.2, -0.15) is 0 Å². The van der Waals surface area contributed by atoms with E-state index in [1.54, 1.807) is 11.3 Å². The molecular formula is C15H17NO2S. The van der Waals surface area contributed by atoms with Crippen LogP contribution in [0, 0.1) is 0 Å². The fraction of sp³-hybridized carbons (Fsp3) is 0.333. The Morgan fingerprint density at radius 3 is 2.95 bits per heavy atom. The minimum Gasteiger partial charge on any atom is -0.493 e. The van der Waals surface area contributed by atoms with E-state index in [0.29, 0.717) is 6.61 Å². The standard InChI is InChI=1S/C15H17NO2S/c17-11-15(16-10-12-4-3-9-19-12)7-8-18-14-6-2-1-5-13(14)15/h1-6,9,16-17H,7-8,10-11H2. The van der Waals surface area contributed by atoms with E-state index in [1.807, 2.05) is 30.3 Å². The van der Waals surface area contributed by atoms with Crippen molar-refractivity contribution in [3.63, 3.8) is 0 Å².